The minimum Gasteiger partial charge on any atom is -0.204 e. The van der Waals surface area contributed by atoms with E-state index in [2.05, 4.69) is 18.7 Å². The minimum absolute atomic E-state index is 0.323. The highest BCUT2D eigenvalue weighted by atomic mass is 19.2. The van der Waals surface area contributed by atoms with Crippen molar-refractivity contribution < 1.29 is 8.78 Å². The molecule has 0 heterocycles. The number of halogens is 2. The highest BCUT2D eigenvalue weighted by molar-refractivity contribution is 5.31. The van der Waals surface area contributed by atoms with Gasteiger partial charge in [0, 0.05) is 5.92 Å². The van der Waals surface area contributed by atoms with E-state index in [0.717, 1.165) is 24.8 Å². The molecule has 0 spiro atoms. The number of hydrogen-bond donors (Lipinski definition) is 0. The van der Waals surface area contributed by atoms with Crippen LogP contribution in [0.3, 0.4) is 0 Å². The monoisotopic (exact) mass is 301 g/mol. The summed E-state index contributed by atoms with van der Waals surface area (Å²) in [6, 6.07) is 4.33. The van der Waals surface area contributed by atoms with Crippen molar-refractivity contribution in [2.45, 2.75) is 50.9 Å². The number of rotatable bonds is 3. The van der Waals surface area contributed by atoms with Crippen molar-refractivity contribution in [3.05, 3.63) is 65.6 Å². The lowest BCUT2D eigenvalue weighted by molar-refractivity contribution is 0.443. The first-order chi connectivity index (χ1) is 10.7. The Kier molecular flexibility index (Phi) is 4.75. The first kappa shape index (κ1) is 15.5. The van der Waals surface area contributed by atoms with Crippen LogP contribution in [0, 0.1) is 23.5 Å². The second-order valence-electron chi connectivity index (χ2n) is 6.55. The van der Waals surface area contributed by atoms with Gasteiger partial charge in [0.1, 0.15) is 0 Å². The van der Waals surface area contributed by atoms with Gasteiger partial charge in [-0.3, -0.25) is 0 Å². The fourth-order valence-corrected chi connectivity index (χ4v) is 3.77. The highest BCUT2D eigenvalue weighted by Crippen LogP contribution is 2.42. The Hall–Kier alpha value is -1.44. The smallest absolute Gasteiger partial charge is 0.159 e. The van der Waals surface area contributed by atoms with Gasteiger partial charge in [-0.05, 0) is 74.5 Å². The van der Waals surface area contributed by atoms with Crippen LogP contribution >= 0.6 is 0 Å². The summed E-state index contributed by atoms with van der Waals surface area (Å²) in [6.45, 7) is 3.90. The Morgan fingerprint density at radius 1 is 1.00 bits per heavy atom. The normalized spacial score (nSPS) is 24.1. The average Bonchev–Trinajstić information content (AvgIpc) is 2.58. The van der Waals surface area contributed by atoms with E-state index in [9.17, 15) is 8.78 Å². The summed E-state index contributed by atoms with van der Waals surface area (Å²) < 4.78 is 26.4. The summed E-state index contributed by atoms with van der Waals surface area (Å²) in [4.78, 5) is 0. The van der Waals surface area contributed by atoms with Crippen molar-refractivity contribution >= 4 is 0 Å². The van der Waals surface area contributed by atoms with Crippen LogP contribution in [0.25, 0.3) is 0 Å². The molecule has 1 atom stereocenters. The molecule has 0 N–H and O–H groups in total. The van der Waals surface area contributed by atoms with Crippen molar-refractivity contribution in [3.8, 4) is 0 Å². The SMILES string of the molecule is C=CC1CC[C](C2=CCC(c3ccc(F)c(F)c3)CC2)CC1. The van der Waals surface area contributed by atoms with Gasteiger partial charge in [-0.1, -0.05) is 23.8 Å². The first-order valence-electron chi connectivity index (χ1n) is 8.29. The second kappa shape index (κ2) is 6.76. The Labute approximate surface area is 131 Å². The summed E-state index contributed by atoms with van der Waals surface area (Å²) in [7, 11) is 0. The molecule has 1 aromatic rings. The van der Waals surface area contributed by atoms with E-state index in [4.69, 9.17) is 0 Å². The molecule has 1 unspecified atom stereocenters. The lowest BCUT2D eigenvalue weighted by Gasteiger charge is -2.31. The molecule has 0 saturated heterocycles. The molecule has 1 saturated carbocycles. The van der Waals surface area contributed by atoms with E-state index in [1.54, 1.807) is 12.0 Å². The number of allylic oxidation sites excluding steroid dienone is 3. The predicted molar refractivity (Wildman–Crippen MR) is 86.4 cm³/mol. The van der Waals surface area contributed by atoms with Crippen LogP contribution in [0.4, 0.5) is 8.78 Å². The van der Waals surface area contributed by atoms with Crippen LogP contribution in [0.2, 0.25) is 0 Å². The van der Waals surface area contributed by atoms with Crippen LogP contribution in [-0.2, 0) is 0 Å². The molecule has 0 bridgehead atoms. The maximum atomic E-state index is 13.4. The Balaban J connectivity index is 1.62. The topological polar surface area (TPSA) is 0 Å². The van der Waals surface area contributed by atoms with Gasteiger partial charge in [-0.2, -0.15) is 0 Å². The molecule has 2 aliphatic carbocycles. The maximum Gasteiger partial charge on any atom is 0.159 e. The van der Waals surface area contributed by atoms with E-state index in [1.165, 1.54) is 43.4 Å². The summed E-state index contributed by atoms with van der Waals surface area (Å²) in [5.74, 6) is 1.13. The summed E-state index contributed by atoms with van der Waals surface area (Å²) in [5, 5.41) is 0. The summed E-state index contributed by atoms with van der Waals surface area (Å²) in [5.41, 5.74) is 2.44. The molecular weight excluding hydrogens is 278 g/mol. The van der Waals surface area contributed by atoms with Crippen molar-refractivity contribution in [1.82, 2.24) is 0 Å². The van der Waals surface area contributed by atoms with E-state index >= 15 is 0 Å². The third-order valence-corrected chi connectivity index (χ3v) is 5.25. The largest absolute Gasteiger partial charge is 0.204 e. The molecule has 22 heavy (non-hydrogen) atoms. The molecule has 1 fully saturated rings. The second-order valence-corrected chi connectivity index (χ2v) is 6.55. The summed E-state index contributed by atoms with van der Waals surface area (Å²) >= 11 is 0. The average molecular weight is 301 g/mol. The molecule has 3 rings (SSSR count). The van der Waals surface area contributed by atoms with E-state index in [1.807, 2.05) is 0 Å². The van der Waals surface area contributed by atoms with Crippen molar-refractivity contribution in [3.63, 3.8) is 0 Å². The van der Waals surface area contributed by atoms with Gasteiger partial charge in [0.25, 0.3) is 0 Å². The fourth-order valence-electron chi connectivity index (χ4n) is 3.77. The Bertz CT molecular complexity index is 565. The lowest BCUT2D eigenvalue weighted by atomic mass is 9.74. The van der Waals surface area contributed by atoms with Gasteiger partial charge >= 0.3 is 0 Å². The Morgan fingerprint density at radius 2 is 1.77 bits per heavy atom. The van der Waals surface area contributed by atoms with Gasteiger partial charge < -0.3 is 0 Å². The molecule has 117 valence electrons. The first-order valence-corrected chi connectivity index (χ1v) is 8.29. The van der Waals surface area contributed by atoms with Gasteiger partial charge in [-0.25, -0.2) is 8.78 Å². The zero-order valence-electron chi connectivity index (χ0n) is 13.0. The molecule has 0 aliphatic heterocycles. The highest BCUT2D eigenvalue weighted by Gasteiger charge is 2.26. The van der Waals surface area contributed by atoms with Crippen molar-refractivity contribution in [2.24, 2.45) is 5.92 Å². The standard InChI is InChI=1S/C20H23F2/c1-2-14-3-5-15(6-4-14)16-7-9-17(10-8-16)18-11-12-19(21)20(22)13-18/h2,7,11-14,17H,1,3-6,8-10H2. The third kappa shape index (κ3) is 3.31. The zero-order chi connectivity index (χ0) is 15.5. The van der Waals surface area contributed by atoms with E-state index < -0.39 is 11.6 Å². The van der Waals surface area contributed by atoms with Crippen molar-refractivity contribution in [1.29, 1.82) is 0 Å². The minimum atomic E-state index is -0.759. The predicted octanol–water partition coefficient (Wildman–Crippen LogP) is 6.11. The summed E-state index contributed by atoms with van der Waals surface area (Å²) in [6.07, 6.45) is 12.3. The van der Waals surface area contributed by atoms with Crippen LogP contribution in [-0.4, -0.2) is 0 Å². The number of benzene rings is 1. The third-order valence-electron chi connectivity index (χ3n) is 5.25. The zero-order valence-corrected chi connectivity index (χ0v) is 13.0. The molecule has 1 aromatic carbocycles. The van der Waals surface area contributed by atoms with Crippen LogP contribution in [0.1, 0.15) is 56.4 Å². The van der Waals surface area contributed by atoms with Gasteiger partial charge in [0.2, 0.25) is 0 Å². The van der Waals surface area contributed by atoms with Gasteiger partial charge in [0.05, 0.1) is 0 Å². The van der Waals surface area contributed by atoms with Crippen LogP contribution in [0.15, 0.2) is 42.5 Å². The molecule has 0 amide bonds. The maximum absolute atomic E-state index is 13.4. The van der Waals surface area contributed by atoms with E-state index in [0.29, 0.717) is 11.8 Å². The quantitative estimate of drug-likeness (QED) is 0.591. The fraction of sp³-hybridized carbons (Fsp3) is 0.450. The lowest BCUT2D eigenvalue weighted by Crippen LogP contribution is -2.16. The van der Waals surface area contributed by atoms with Gasteiger partial charge in [-0.15, -0.1) is 6.58 Å². The van der Waals surface area contributed by atoms with Crippen LogP contribution in [0.5, 0.6) is 0 Å². The van der Waals surface area contributed by atoms with Gasteiger partial charge in [0.15, 0.2) is 11.6 Å². The molecule has 0 nitrogen and oxygen atoms in total. The molecule has 1 radical (unpaired) electrons. The molecule has 2 heteroatoms. The molecule has 2 aliphatic rings. The Morgan fingerprint density at radius 3 is 2.36 bits per heavy atom. The number of hydrogen-bond acceptors (Lipinski definition) is 0. The van der Waals surface area contributed by atoms with Crippen LogP contribution < -0.4 is 0 Å². The van der Waals surface area contributed by atoms with Crippen molar-refractivity contribution in [2.75, 3.05) is 0 Å². The molecule has 0 aromatic heterocycles. The van der Waals surface area contributed by atoms with E-state index in [-0.39, 0.29) is 0 Å². The molecular formula is C20H23F2.